The molecular weight excluding hydrogens is 328 g/mol. The van der Waals surface area contributed by atoms with E-state index in [0.29, 0.717) is 5.75 Å². The summed E-state index contributed by atoms with van der Waals surface area (Å²) >= 11 is 5.13. The maximum atomic E-state index is 11.9. The number of aliphatic hydroxyl groups is 1. The van der Waals surface area contributed by atoms with Gasteiger partial charge in [0.1, 0.15) is 17.3 Å². The average molecular weight is 343 g/mol. The molecule has 0 saturated carbocycles. The van der Waals surface area contributed by atoms with Gasteiger partial charge in [0, 0.05) is 0 Å². The Hall–Kier alpha value is -2.54. The second-order valence-corrected chi connectivity index (χ2v) is 4.46. The van der Waals surface area contributed by atoms with Crippen LogP contribution in [0.2, 0.25) is 0 Å². The molecular formula is C15H15ClO7. The first kappa shape index (κ1) is 18.5. The normalized spacial score (nSPS) is 11.3. The molecule has 1 aromatic rings. The van der Waals surface area contributed by atoms with Crippen LogP contribution in [0.15, 0.2) is 23.8 Å². The minimum absolute atomic E-state index is 0.0267. The predicted octanol–water partition coefficient (Wildman–Crippen LogP) is 1.87. The smallest absolute Gasteiger partial charge is 0.346 e. The number of hydrogen-bond donors (Lipinski definition) is 1. The van der Waals surface area contributed by atoms with Crippen molar-refractivity contribution in [3.63, 3.8) is 0 Å². The Morgan fingerprint density at radius 2 is 1.83 bits per heavy atom. The van der Waals surface area contributed by atoms with E-state index in [1.165, 1.54) is 33.3 Å². The molecule has 0 aliphatic rings. The van der Waals surface area contributed by atoms with E-state index >= 15 is 0 Å². The number of rotatable bonds is 7. The fraction of sp³-hybridized carbons (Fsp3) is 0.267. The lowest BCUT2D eigenvalue weighted by atomic mass is 10.0. The number of carbonyl (C=O) groups is 3. The van der Waals surface area contributed by atoms with E-state index in [0.717, 1.165) is 0 Å². The number of hydrogen-bond acceptors (Lipinski definition) is 7. The minimum atomic E-state index is -1.43. The predicted molar refractivity (Wildman–Crippen MR) is 81.6 cm³/mol. The highest BCUT2D eigenvalue weighted by atomic mass is 35.5. The molecule has 7 nitrogen and oxygen atoms in total. The second kappa shape index (κ2) is 8.19. The van der Waals surface area contributed by atoms with E-state index in [1.54, 1.807) is 6.07 Å². The molecule has 0 heterocycles. The number of benzene rings is 1. The fourth-order valence-corrected chi connectivity index (χ4v) is 1.83. The van der Waals surface area contributed by atoms with E-state index in [2.05, 4.69) is 4.74 Å². The number of ketones is 1. The molecule has 8 heteroatoms. The van der Waals surface area contributed by atoms with Gasteiger partial charge in [-0.1, -0.05) is 0 Å². The second-order valence-electron chi connectivity index (χ2n) is 4.11. The van der Waals surface area contributed by atoms with E-state index in [9.17, 15) is 19.5 Å². The molecule has 0 aliphatic carbocycles. The zero-order chi connectivity index (χ0) is 17.6. The first-order chi connectivity index (χ1) is 10.9. The fourth-order valence-electron chi connectivity index (χ4n) is 1.73. The Bertz CT molecular complexity index is 664. The summed E-state index contributed by atoms with van der Waals surface area (Å²) in [5, 5.41) is 8.91. The van der Waals surface area contributed by atoms with Crippen molar-refractivity contribution in [2.75, 3.05) is 20.8 Å². The molecule has 0 aromatic heterocycles. The summed E-state index contributed by atoms with van der Waals surface area (Å²) in [6, 6.07) is 4.34. The van der Waals surface area contributed by atoms with Crippen molar-refractivity contribution in [1.82, 2.24) is 0 Å². The van der Waals surface area contributed by atoms with Gasteiger partial charge in [0.2, 0.25) is 0 Å². The molecule has 1 N–H and O–H groups in total. The van der Waals surface area contributed by atoms with Crippen molar-refractivity contribution >= 4 is 34.4 Å². The zero-order valence-corrected chi connectivity index (χ0v) is 13.5. The third-order valence-corrected chi connectivity index (χ3v) is 2.96. The number of aliphatic hydroxyl groups excluding tert-OH is 1. The molecule has 0 spiro atoms. The van der Waals surface area contributed by atoms with Crippen molar-refractivity contribution in [3.8, 4) is 11.5 Å². The van der Waals surface area contributed by atoms with Gasteiger partial charge in [0.05, 0.1) is 26.4 Å². The maximum absolute atomic E-state index is 11.9. The number of halogens is 1. The lowest BCUT2D eigenvalue weighted by Gasteiger charge is -2.12. The average Bonchev–Trinajstić information content (AvgIpc) is 2.54. The molecule has 0 bridgehead atoms. The molecule has 1 rings (SSSR count). The Morgan fingerprint density at radius 1 is 1.17 bits per heavy atom. The van der Waals surface area contributed by atoms with Gasteiger partial charge in [0.25, 0.3) is 11.0 Å². The van der Waals surface area contributed by atoms with Gasteiger partial charge in [-0.3, -0.25) is 9.59 Å². The third kappa shape index (κ3) is 4.23. The van der Waals surface area contributed by atoms with Crippen molar-refractivity contribution in [1.29, 1.82) is 0 Å². The molecule has 1 aromatic carbocycles. The molecule has 23 heavy (non-hydrogen) atoms. The molecule has 0 fully saturated rings. The highest BCUT2D eigenvalue weighted by molar-refractivity contribution is 6.84. The summed E-state index contributed by atoms with van der Waals surface area (Å²) in [5.41, 5.74) is -0.903. The van der Waals surface area contributed by atoms with Crippen molar-refractivity contribution in [2.45, 2.75) is 6.92 Å². The van der Waals surface area contributed by atoms with E-state index in [1.807, 2.05) is 0 Å². The van der Waals surface area contributed by atoms with Crippen LogP contribution >= 0.6 is 11.6 Å². The molecule has 0 aliphatic heterocycles. The van der Waals surface area contributed by atoms with Gasteiger partial charge in [-0.2, -0.15) is 0 Å². The highest BCUT2D eigenvalue weighted by Crippen LogP contribution is 2.31. The van der Waals surface area contributed by atoms with Crippen LogP contribution in [0.4, 0.5) is 0 Å². The quantitative estimate of drug-likeness (QED) is 0.153. The number of carbonyl (C=O) groups excluding carboxylic acids is 3. The Balaban J connectivity index is 3.60. The molecule has 124 valence electrons. The monoisotopic (exact) mass is 342 g/mol. The van der Waals surface area contributed by atoms with Crippen LogP contribution in [0.25, 0.3) is 5.76 Å². The summed E-state index contributed by atoms with van der Waals surface area (Å²) in [6.45, 7) is 1.44. The van der Waals surface area contributed by atoms with Gasteiger partial charge in [-0.15, -0.1) is 0 Å². The largest absolute Gasteiger partial charge is 0.506 e. The molecule has 0 radical (unpaired) electrons. The van der Waals surface area contributed by atoms with Crippen LogP contribution in [-0.2, 0) is 19.1 Å². The zero-order valence-electron chi connectivity index (χ0n) is 12.7. The van der Waals surface area contributed by atoms with Gasteiger partial charge in [-0.25, -0.2) is 4.79 Å². The van der Waals surface area contributed by atoms with Crippen LogP contribution in [0, 0.1) is 0 Å². The van der Waals surface area contributed by atoms with Crippen LogP contribution in [0.3, 0.4) is 0 Å². The van der Waals surface area contributed by atoms with Crippen LogP contribution in [-0.4, -0.2) is 42.9 Å². The van der Waals surface area contributed by atoms with E-state index < -0.39 is 28.3 Å². The lowest BCUT2D eigenvalue weighted by Crippen LogP contribution is -2.22. The minimum Gasteiger partial charge on any atom is -0.506 e. The third-order valence-electron chi connectivity index (χ3n) is 2.78. The van der Waals surface area contributed by atoms with Gasteiger partial charge >= 0.3 is 5.97 Å². The summed E-state index contributed by atoms with van der Waals surface area (Å²) in [7, 11) is 2.73. The van der Waals surface area contributed by atoms with Gasteiger partial charge in [0.15, 0.2) is 5.57 Å². The van der Waals surface area contributed by atoms with Crippen LogP contribution < -0.4 is 9.47 Å². The Labute approximate surface area is 137 Å². The molecule has 0 amide bonds. The van der Waals surface area contributed by atoms with Gasteiger partial charge in [-0.05, 0) is 36.7 Å². The van der Waals surface area contributed by atoms with Crippen LogP contribution in [0.1, 0.15) is 12.5 Å². The molecule has 0 unspecified atom stereocenters. The topological polar surface area (TPSA) is 99.1 Å². The summed E-state index contributed by atoms with van der Waals surface area (Å²) in [5.74, 6) is -2.86. The van der Waals surface area contributed by atoms with Crippen molar-refractivity contribution < 1.29 is 33.7 Å². The maximum Gasteiger partial charge on any atom is 0.346 e. The standard InChI is InChI=1S/C15H15ClO7/c1-4-23-15(20)11(13(18)14(16)19)12(17)9-7-8(21-2)5-6-10(9)22-3/h5-7,17H,4H2,1-3H3/b12-11-. The molecule has 0 saturated heterocycles. The number of ether oxygens (including phenoxy) is 3. The number of Topliss-reactive ketones (excluding diaryl/α,β-unsaturated/α-hetero) is 1. The van der Waals surface area contributed by atoms with Crippen molar-refractivity contribution in [2.24, 2.45) is 0 Å². The van der Waals surface area contributed by atoms with Gasteiger partial charge < -0.3 is 19.3 Å². The van der Waals surface area contributed by atoms with E-state index in [4.69, 9.17) is 21.1 Å². The highest BCUT2D eigenvalue weighted by Gasteiger charge is 2.30. The number of esters is 1. The van der Waals surface area contributed by atoms with Crippen LogP contribution in [0.5, 0.6) is 11.5 Å². The molecule has 0 atom stereocenters. The SMILES string of the molecule is CCOC(=O)/C(C(=O)C(=O)Cl)=C(\O)c1cc(OC)ccc1OC. The Morgan fingerprint density at radius 3 is 2.30 bits per heavy atom. The van der Waals surface area contributed by atoms with Crippen molar-refractivity contribution in [3.05, 3.63) is 29.3 Å². The van der Waals surface area contributed by atoms with E-state index in [-0.39, 0.29) is 17.9 Å². The summed E-state index contributed by atoms with van der Waals surface area (Å²) in [4.78, 5) is 34.9. The number of methoxy groups -OCH3 is 2. The summed E-state index contributed by atoms with van der Waals surface area (Å²) in [6.07, 6.45) is 0. The lowest BCUT2D eigenvalue weighted by molar-refractivity contribution is -0.141. The Kier molecular flexibility index (Phi) is 6.59. The summed E-state index contributed by atoms with van der Waals surface area (Å²) < 4.78 is 14.8. The first-order valence-corrected chi connectivity index (χ1v) is 6.82. The first-order valence-electron chi connectivity index (χ1n) is 6.44.